The molecule has 0 saturated carbocycles. The Morgan fingerprint density at radius 3 is 1.80 bits per heavy atom. The molecule has 0 atom stereocenters. The lowest BCUT2D eigenvalue weighted by atomic mass is 10.5. The van der Waals surface area contributed by atoms with Crippen molar-refractivity contribution in [1.82, 2.24) is 0 Å². The van der Waals surface area contributed by atoms with Crippen molar-refractivity contribution in [3.05, 3.63) is 0 Å². The van der Waals surface area contributed by atoms with Crippen LogP contribution in [0.1, 0.15) is 1.37 Å². The molecule has 0 aromatic carbocycles. The highest BCUT2D eigenvalue weighted by Crippen LogP contribution is 1.52. The lowest BCUT2D eigenvalue weighted by Crippen LogP contribution is -1.51. The van der Waals surface area contributed by atoms with Gasteiger partial charge in [0.1, 0.15) is 1.37 Å². The Morgan fingerprint density at radius 2 is 1.30 bits per heavy atom. The SMILES string of the molecule is [3H]C#CC#CC#CC#CC#C. The summed E-state index contributed by atoms with van der Waals surface area (Å²) >= 11 is 0. The summed E-state index contributed by atoms with van der Waals surface area (Å²) in [6.45, 7) is 0. The van der Waals surface area contributed by atoms with E-state index in [1.54, 1.807) is 0 Å². The van der Waals surface area contributed by atoms with Gasteiger partial charge in [0, 0.05) is 0 Å². The molecule has 42 valence electrons. The van der Waals surface area contributed by atoms with E-state index in [0.29, 0.717) is 0 Å². The van der Waals surface area contributed by atoms with Gasteiger partial charge in [-0.25, -0.2) is 0 Å². The lowest BCUT2D eigenvalue weighted by Gasteiger charge is -1.52. The molecular formula is C10H2. The van der Waals surface area contributed by atoms with E-state index < -0.39 is 0 Å². The van der Waals surface area contributed by atoms with Crippen LogP contribution in [0, 0.1) is 60.2 Å². The van der Waals surface area contributed by atoms with E-state index in [2.05, 4.69) is 47.4 Å². The third-order valence-corrected chi connectivity index (χ3v) is 0.447. The van der Waals surface area contributed by atoms with Gasteiger partial charge in [-0.1, -0.05) is 0 Å². The van der Waals surface area contributed by atoms with Gasteiger partial charge in [-0.05, 0) is 47.4 Å². The molecule has 0 aliphatic heterocycles. The van der Waals surface area contributed by atoms with Crippen molar-refractivity contribution in [2.24, 2.45) is 0 Å². The number of rotatable bonds is 0. The molecule has 0 nitrogen and oxygen atoms in total. The van der Waals surface area contributed by atoms with Crippen molar-refractivity contribution >= 4 is 0 Å². The van der Waals surface area contributed by atoms with Crippen molar-refractivity contribution < 1.29 is 1.37 Å². The molecule has 0 spiro atoms. The fraction of sp³-hybridized carbons (Fsp3) is 0. The second-order valence-electron chi connectivity index (χ2n) is 1.02. The van der Waals surface area contributed by atoms with Gasteiger partial charge < -0.3 is 0 Å². The molecule has 0 heteroatoms. The van der Waals surface area contributed by atoms with E-state index in [1.165, 1.54) is 0 Å². The van der Waals surface area contributed by atoms with Gasteiger partial charge in [-0.15, -0.1) is 12.8 Å². The van der Waals surface area contributed by atoms with Crippen LogP contribution in [0.2, 0.25) is 0 Å². The minimum atomic E-state index is 1.86. The van der Waals surface area contributed by atoms with Crippen molar-refractivity contribution in [2.75, 3.05) is 0 Å². The van der Waals surface area contributed by atoms with Crippen LogP contribution in [0.5, 0.6) is 0 Å². The van der Waals surface area contributed by atoms with Gasteiger partial charge in [0.25, 0.3) is 0 Å². The van der Waals surface area contributed by atoms with Crippen molar-refractivity contribution in [1.29, 1.82) is 0 Å². The van der Waals surface area contributed by atoms with Gasteiger partial charge in [-0.3, -0.25) is 0 Å². The van der Waals surface area contributed by atoms with Gasteiger partial charge in [-0.2, -0.15) is 0 Å². The summed E-state index contributed by atoms with van der Waals surface area (Å²) in [5.41, 5.74) is 0. The fourth-order valence-corrected chi connectivity index (χ4v) is 0.192. The zero-order valence-electron chi connectivity index (χ0n) is 6.08. The Morgan fingerprint density at radius 1 is 0.800 bits per heavy atom. The van der Waals surface area contributed by atoms with E-state index >= 15 is 0 Å². The maximum Gasteiger partial charge on any atom is 0.125 e. The first-order valence-electron chi connectivity index (χ1n) is 2.79. The van der Waals surface area contributed by atoms with Crippen LogP contribution in [0.25, 0.3) is 0 Å². The molecule has 0 aliphatic carbocycles. The number of hydrogen-bond donors (Lipinski definition) is 0. The minimum absolute atomic E-state index is 1.86. The highest BCUT2D eigenvalue weighted by molar-refractivity contribution is 5.41. The van der Waals surface area contributed by atoms with Gasteiger partial charge in [0.15, 0.2) is 0 Å². The number of hydrogen-bond acceptors (Lipinski definition) is 0. The number of terminal acetylenes is 2. The Kier molecular flexibility index (Phi) is 4.03. The van der Waals surface area contributed by atoms with Crippen molar-refractivity contribution in [3.8, 4) is 60.2 Å². The monoisotopic (exact) mass is 124 g/mol. The lowest BCUT2D eigenvalue weighted by molar-refractivity contribution is 2.37. The van der Waals surface area contributed by atoms with E-state index in [0.717, 1.165) is 0 Å². The van der Waals surface area contributed by atoms with E-state index in [1.807, 2.05) is 6.40 Å². The predicted molar refractivity (Wildman–Crippen MR) is 41.0 cm³/mol. The standard InChI is InChI=1S/C10H2/c1-3-5-7-9-10-8-6-4-2/h1-2H/i1T. The zero-order valence-corrected chi connectivity index (χ0v) is 5.08. The molecule has 0 bridgehead atoms. The Hall–Kier alpha value is -2.20. The first-order valence-corrected chi connectivity index (χ1v) is 2.29. The van der Waals surface area contributed by atoms with E-state index in [4.69, 9.17) is 7.79 Å². The molecule has 0 radical (unpaired) electrons. The highest BCUT2D eigenvalue weighted by atomic mass is 13.5. The molecule has 10 heavy (non-hydrogen) atoms. The predicted octanol–water partition coefficient (Wildman–Crippen LogP) is 0.263. The van der Waals surface area contributed by atoms with Crippen LogP contribution < -0.4 is 0 Å². The fourth-order valence-electron chi connectivity index (χ4n) is 0.192. The molecule has 0 aliphatic rings. The summed E-state index contributed by atoms with van der Waals surface area (Å²) in [7, 11) is 0. The maximum absolute atomic E-state index is 6.38. The third kappa shape index (κ3) is 5.80. The molecule has 0 heterocycles. The molecule has 0 unspecified atom stereocenters. The molecule has 0 fully saturated rings. The molecular weight excluding hydrogens is 120 g/mol. The van der Waals surface area contributed by atoms with Crippen molar-refractivity contribution in [2.45, 2.75) is 0 Å². The van der Waals surface area contributed by atoms with Gasteiger partial charge in [0.2, 0.25) is 0 Å². The van der Waals surface area contributed by atoms with E-state index in [9.17, 15) is 0 Å². The second kappa shape index (κ2) is 6.80. The maximum atomic E-state index is 6.38. The van der Waals surface area contributed by atoms with E-state index in [-0.39, 0.29) is 0 Å². The van der Waals surface area contributed by atoms with Gasteiger partial charge in [0.05, 0.1) is 0 Å². The van der Waals surface area contributed by atoms with Crippen molar-refractivity contribution in [3.63, 3.8) is 0 Å². The Bertz CT molecular complexity index is 391. The average Bonchev–Trinajstić information content (AvgIpc) is 2.03. The molecule has 0 amide bonds. The minimum Gasteiger partial charge on any atom is -0.106 e. The normalized spacial score (nSPS) is 4.10. The largest absolute Gasteiger partial charge is 0.125 e. The van der Waals surface area contributed by atoms with Crippen LogP contribution >= 0.6 is 0 Å². The van der Waals surface area contributed by atoms with Crippen LogP contribution in [-0.4, -0.2) is 0 Å². The Labute approximate surface area is 62.4 Å². The second-order valence-corrected chi connectivity index (χ2v) is 1.02. The van der Waals surface area contributed by atoms with Crippen LogP contribution in [0.15, 0.2) is 0 Å². The average molecular weight is 124 g/mol. The van der Waals surface area contributed by atoms with Gasteiger partial charge >= 0.3 is 0 Å². The van der Waals surface area contributed by atoms with Crippen LogP contribution in [0.3, 0.4) is 0 Å². The summed E-state index contributed by atoms with van der Waals surface area (Å²) in [5, 5.41) is 0. The van der Waals surface area contributed by atoms with Crippen LogP contribution in [-0.2, 0) is 0 Å². The molecule has 0 saturated heterocycles. The Balaban J connectivity index is 4.04. The molecule has 0 N–H and O–H groups in total. The zero-order chi connectivity index (χ0) is 8.36. The summed E-state index contributed by atoms with van der Waals surface area (Å²) in [5.74, 6) is 18.4. The summed E-state index contributed by atoms with van der Waals surface area (Å²) in [6, 6.07) is 0. The smallest absolute Gasteiger partial charge is 0.106 e. The third-order valence-electron chi connectivity index (χ3n) is 0.447. The quantitative estimate of drug-likeness (QED) is 0.406. The first-order chi connectivity index (χ1) is 5.41. The first kappa shape index (κ1) is 5.93. The summed E-state index contributed by atoms with van der Waals surface area (Å²) in [4.78, 5) is 0. The topological polar surface area (TPSA) is 0 Å². The van der Waals surface area contributed by atoms with Crippen LogP contribution in [0.4, 0.5) is 0 Å². The molecule has 0 aromatic rings. The summed E-state index contributed by atoms with van der Waals surface area (Å²) < 4.78 is 6.38. The molecule has 0 rings (SSSR count). The summed E-state index contributed by atoms with van der Waals surface area (Å²) in [6.07, 6.45) is 6.68. The molecule has 0 aromatic heterocycles. The highest BCUT2D eigenvalue weighted by Gasteiger charge is 1.52.